The fraction of sp³-hybridized carbons (Fsp3) is 0.769. The average Bonchev–Trinajstić information content (AvgIpc) is 2.75. The van der Waals surface area contributed by atoms with E-state index in [2.05, 4.69) is 10.6 Å². The molecule has 0 heterocycles. The van der Waals surface area contributed by atoms with Crippen LogP contribution < -0.4 is 16.4 Å². The van der Waals surface area contributed by atoms with Gasteiger partial charge in [0, 0.05) is 6.04 Å². The number of carboxylic acids is 1. The summed E-state index contributed by atoms with van der Waals surface area (Å²) in [6, 6.07) is -1.55. The molecule has 0 spiro atoms. The van der Waals surface area contributed by atoms with Gasteiger partial charge >= 0.3 is 12.0 Å². The van der Waals surface area contributed by atoms with Gasteiger partial charge < -0.3 is 21.5 Å². The Hall–Kier alpha value is -1.79. The molecular weight excluding hydrogens is 262 g/mol. The maximum Gasteiger partial charge on any atom is 0.312 e. The van der Waals surface area contributed by atoms with Gasteiger partial charge in [-0.3, -0.25) is 9.59 Å². The maximum absolute atomic E-state index is 12.1. The quantitative estimate of drug-likeness (QED) is 0.565. The third-order valence-corrected chi connectivity index (χ3v) is 3.47. The highest BCUT2D eigenvalue weighted by atomic mass is 16.4. The van der Waals surface area contributed by atoms with Crippen molar-refractivity contribution in [2.24, 2.45) is 17.6 Å². The van der Waals surface area contributed by atoms with Gasteiger partial charge in [0.15, 0.2) is 0 Å². The zero-order valence-corrected chi connectivity index (χ0v) is 11.9. The largest absolute Gasteiger partial charge is 0.481 e. The van der Waals surface area contributed by atoms with Crippen LogP contribution in [-0.2, 0) is 9.59 Å². The first-order chi connectivity index (χ1) is 9.29. The van der Waals surface area contributed by atoms with Gasteiger partial charge in [-0.05, 0) is 31.6 Å². The van der Waals surface area contributed by atoms with Gasteiger partial charge in [0.2, 0.25) is 5.91 Å². The minimum Gasteiger partial charge on any atom is -0.481 e. The number of primary amides is 1. The molecule has 1 fully saturated rings. The van der Waals surface area contributed by atoms with E-state index in [1.165, 1.54) is 0 Å². The topological polar surface area (TPSA) is 122 Å². The van der Waals surface area contributed by atoms with Crippen LogP contribution in [0.2, 0.25) is 0 Å². The highest BCUT2D eigenvalue weighted by molar-refractivity contribution is 5.86. The van der Waals surface area contributed by atoms with E-state index in [0.29, 0.717) is 25.7 Å². The highest BCUT2D eigenvalue weighted by Crippen LogP contribution is 2.25. The first-order valence-electron chi connectivity index (χ1n) is 6.88. The molecule has 7 heteroatoms. The molecule has 0 radical (unpaired) electrons. The number of nitrogens with two attached hydrogens (primary N) is 1. The van der Waals surface area contributed by atoms with Crippen molar-refractivity contribution in [1.29, 1.82) is 0 Å². The van der Waals surface area contributed by atoms with Gasteiger partial charge in [0.05, 0.1) is 5.92 Å². The van der Waals surface area contributed by atoms with Crippen LogP contribution in [0.25, 0.3) is 0 Å². The number of carbonyl (C=O) groups is 3. The predicted molar refractivity (Wildman–Crippen MR) is 72.9 cm³/mol. The first kappa shape index (κ1) is 16.3. The number of hydrogen-bond acceptors (Lipinski definition) is 3. The summed E-state index contributed by atoms with van der Waals surface area (Å²) in [5.74, 6) is -1.29. The lowest BCUT2D eigenvalue weighted by atomic mass is 10.0. The molecule has 20 heavy (non-hydrogen) atoms. The highest BCUT2D eigenvalue weighted by Gasteiger charge is 2.32. The molecule has 1 rings (SSSR count). The molecule has 114 valence electrons. The Balaban J connectivity index is 2.53. The number of carboxylic acid groups (broad SMARTS) is 1. The molecule has 7 nitrogen and oxygen atoms in total. The molecule has 1 aliphatic rings. The van der Waals surface area contributed by atoms with Crippen LogP contribution in [0.4, 0.5) is 4.79 Å². The van der Waals surface area contributed by atoms with Gasteiger partial charge in [-0.2, -0.15) is 0 Å². The molecule has 0 bridgehead atoms. The Bertz CT molecular complexity index is 384. The number of nitrogens with one attached hydrogen (secondary N) is 2. The van der Waals surface area contributed by atoms with Gasteiger partial charge in [-0.15, -0.1) is 0 Å². The second-order valence-electron chi connectivity index (χ2n) is 5.74. The SMILES string of the molecule is CC(C)CC(NC(N)=O)C(=O)N[C@H]1CC[C@@H](C(=O)O)C1. The van der Waals surface area contributed by atoms with E-state index < -0.39 is 24.0 Å². The summed E-state index contributed by atoms with van der Waals surface area (Å²) in [7, 11) is 0. The molecular formula is C13H23N3O4. The first-order valence-corrected chi connectivity index (χ1v) is 6.88. The van der Waals surface area contributed by atoms with Crippen molar-refractivity contribution in [1.82, 2.24) is 10.6 Å². The second kappa shape index (κ2) is 7.12. The fourth-order valence-electron chi connectivity index (χ4n) is 2.51. The van der Waals surface area contributed by atoms with Crippen molar-refractivity contribution >= 4 is 17.9 Å². The number of hydrogen-bond donors (Lipinski definition) is 4. The van der Waals surface area contributed by atoms with E-state index in [0.717, 1.165) is 0 Å². The Morgan fingerprint density at radius 1 is 1.30 bits per heavy atom. The molecule has 3 amide bonds. The summed E-state index contributed by atoms with van der Waals surface area (Å²) in [6.07, 6.45) is 2.14. The number of rotatable bonds is 6. The Morgan fingerprint density at radius 3 is 2.40 bits per heavy atom. The molecule has 0 saturated heterocycles. The van der Waals surface area contributed by atoms with Crippen LogP contribution in [0.1, 0.15) is 39.5 Å². The van der Waals surface area contributed by atoms with E-state index >= 15 is 0 Å². The summed E-state index contributed by atoms with van der Waals surface area (Å²) in [5.41, 5.74) is 5.07. The Labute approximate surface area is 118 Å². The lowest BCUT2D eigenvalue weighted by Crippen LogP contribution is -2.51. The van der Waals surface area contributed by atoms with Crippen LogP contribution in [-0.4, -0.2) is 35.1 Å². The third kappa shape index (κ3) is 5.07. The lowest BCUT2D eigenvalue weighted by Gasteiger charge is -2.21. The molecule has 0 aliphatic heterocycles. The number of aliphatic carboxylic acids is 1. The molecule has 5 N–H and O–H groups in total. The minimum absolute atomic E-state index is 0.145. The zero-order valence-electron chi connectivity index (χ0n) is 11.9. The van der Waals surface area contributed by atoms with Crippen molar-refractivity contribution < 1.29 is 19.5 Å². The minimum atomic E-state index is -0.823. The average molecular weight is 285 g/mol. The van der Waals surface area contributed by atoms with Crippen molar-refractivity contribution in [3.05, 3.63) is 0 Å². The molecule has 1 aliphatic carbocycles. The number of amides is 3. The zero-order chi connectivity index (χ0) is 15.3. The summed E-state index contributed by atoms with van der Waals surface area (Å²) >= 11 is 0. The molecule has 3 atom stereocenters. The monoisotopic (exact) mass is 285 g/mol. The van der Waals surface area contributed by atoms with Crippen molar-refractivity contribution in [2.45, 2.75) is 51.6 Å². The standard InChI is InChI=1S/C13H23N3O4/c1-7(2)5-10(16-13(14)20)11(17)15-9-4-3-8(6-9)12(18)19/h7-10H,3-6H2,1-2H3,(H,15,17)(H,18,19)(H3,14,16,20)/t8-,9+,10?/m1/s1. The van der Waals surface area contributed by atoms with Crippen molar-refractivity contribution in [3.8, 4) is 0 Å². The van der Waals surface area contributed by atoms with Gasteiger partial charge in [-0.25, -0.2) is 4.79 Å². The number of urea groups is 1. The lowest BCUT2D eigenvalue weighted by molar-refractivity contribution is -0.141. The van der Waals surface area contributed by atoms with Crippen LogP contribution in [0.5, 0.6) is 0 Å². The summed E-state index contributed by atoms with van der Waals surface area (Å²) in [5, 5.41) is 14.2. The summed E-state index contributed by atoms with van der Waals surface area (Å²) in [4.78, 5) is 33.9. The fourth-order valence-corrected chi connectivity index (χ4v) is 2.51. The van der Waals surface area contributed by atoms with Crippen LogP contribution >= 0.6 is 0 Å². The smallest absolute Gasteiger partial charge is 0.312 e. The number of carbonyl (C=O) groups excluding carboxylic acids is 2. The summed E-state index contributed by atoms with van der Waals surface area (Å²) < 4.78 is 0. The van der Waals surface area contributed by atoms with E-state index in [4.69, 9.17) is 10.8 Å². The Kier molecular flexibility index (Phi) is 5.79. The van der Waals surface area contributed by atoms with Gasteiger partial charge in [0.1, 0.15) is 6.04 Å². The predicted octanol–water partition coefficient (Wildman–Crippen LogP) is 0.439. The third-order valence-electron chi connectivity index (χ3n) is 3.47. The maximum atomic E-state index is 12.1. The van der Waals surface area contributed by atoms with Crippen LogP contribution in [0.3, 0.4) is 0 Å². The summed E-state index contributed by atoms with van der Waals surface area (Å²) in [6.45, 7) is 3.89. The van der Waals surface area contributed by atoms with E-state index in [-0.39, 0.29) is 17.9 Å². The molecule has 0 aromatic heterocycles. The molecule has 1 saturated carbocycles. The second-order valence-corrected chi connectivity index (χ2v) is 5.74. The Morgan fingerprint density at radius 2 is 1.95 bits per heavy atom. The van der Waals surface area contributed by atoms with Crippen LogP contribution in [0.15, 0.2) is 0 Å². The van der Waals surface area contributed by atoms with E-state index in [9.17, 15) is 14.4 Å². The van der Waals surface area contributed by atoms with Gasteiger partial charge in [-0.1, -0.05) is 13.8 Å². The van der Waals surface area contributed by atoms with E-state index in [1.54, 1.807) is 0 Å². The van der Waals surface area contributed by atoms with E-state index in [1.807, 2.05) is 13.8 Å². The van der Waals surface area contributed by atoms with Crippen LogP contribution in [0, 0.1) is 11.8 Å². The van der Waals surface area contributed by atoms with Gasteiger partial charge in [0.25, 0.3) is 0 Å². The normalized spacial score (nSPS) is 23.4. The molecule has 0 aromatic rings. The van der Waals surface area contributed by atoms with Crippen molar-refractivity contribution in [2.75, 3.05) is 0 Å². The molecule has 1 unspecified atom stereocenters. The molecule has 0 aromatic carbocycles. The van der Waals surface area contributed by atoms with Crippen molar-refractivity contribution in [3.63, 3.8) is 0 Å².